The van der Waals surface area contributed by atoms with Crippen LogP contribution < -0.4 is 0 Å². The normalized spacial score (nSPS) is 43.1. The highest BCUT2D eigenvalue weighted by atomic mass is 16.6. The number of allylic oxidation sites excluding steroid dienone is 2. The van der Waals surface area contributed by atoms with Gasteiger partial charge in [0, 0.05) is 5.41 Å². The second-order valence-electron chi connectivity index (χ2n) is 15.0. The Morgan fingerprint density at radius 3 is 2.43 bits per heavy atom. The fourth-order valence-corrected chi connectivity index (χ4v) is 10.5. The van der Waals surface area contributed by atoms with E-state index in [2.05, 4.69) is 72.7 Å². The van der Waals surface area contributed by atoms with Crippen LogP contribution in [0.15, 0.2) is 16.8 Å². The number of nitriles is 1. The van der Waals surface area contributed by atoms with Crippen molar-refractivity contribution in [1.82, 2.24) is 0 Å². The summed E-state index contributed by atoms with van der Waals surface area (Å²) in [7, 11) is 0. The second kappa shape index (κ2) is 10.0. The Morgan fingerprint density at radius 2 is 1.76 bits per heavy atom. The summed E-state index contributed by atoms with van der Waals surface area (Å²) in [6.07, 6.45) is 14.3. The number of oxime groups is 1. The number of rotatable bonds is 7. The van der Waals surface area contributed by atoms with Crippen LogP contribution in [0.25, 0.3) is 0 Å². The zero-order valence-electron chi connectivity index (χ0n) is 25.1. The first-order valence-corrected chi connectivity index (χ1v) is 15.2. The first-order chi connectivity index (χ1) is 17.2. The molecule has 1 N–H and O–H groups in total. The van der Waals surface area contributed by atoms with Gasteiger partial charge in [-0.15, -0.1) is 0 Å². The highest BCUT2D eigenvalue weighted by Gasteiger charge is 2.69. The Bertz CT molecular complexity index is 954. The van der Waals surface area contributed by atoms with Gasteiger partial charge >= 0.3 is 0 Å². The Balaban J connectivity index is 1.57. The molecular formula is C33H54N2O2. The molecule has 0 aliphatic heterocycles. The summed E-state index contributed by atoms with van der Waals surface area (Å²) in [4.78, 5) is 5.58. The lowest BCUT2D eigenvalue weighted by atomic mass is 9.35. The van der Waals surface area contributed by atoms with Gasteiger partial charge in [0.15, 0.2) is 0 Å². The van der Waals surface area contributed by atoms with Crippen molar-refractivity contribution in [2.75, 3.05) is 6.61 Å². The van der Waals surface area contributed by atoms with Crippen LogP contribution in [0.4, 0.5) is 0 Å². The summed E-state index contributed by atoms with van der Waals surface area (Å²) in [6.45, 7) is 19.5. The van der Waals surface area contributed by atoms with E-state index in [1.54, 1.807) is 0 Å². The van der Waals surface area contributed by atoms with Crippen LogP contribution in [0, 0.1) is 56.7 Å². The Kier molecular flexibility index (Phi) is 7.75. The van der Waals surface area contributed by atoms with E-state index in [4.69, 9.17) is 10.1 Å². The number of hydrogen-bond donors (Lipinski definition) is 1. The molecule has 0 aromatic heterocycles. The van der Waals surface area contributed by atoms with Gasteiger partial charge in [-0.1, -0.05) is 51.4 Å². The van der Waals surface area contributed by atoms with Crippen LogP contribution in [0.5, 0.6) is 0 Å². The fraction of sp³-hybridized carbons (Fsp3) is 0.879. The molecule has 4 saturated carbocycles. The number of fused-ring (bicyclic) bond motifs is 5. The first-order valence-electron chi connectivity index (χ1n) is 15.2. The molecule has 4 rings (SSSR count). The molecule has 0 radical (unpaired) electrons. The van der Waals surface area contributed by atoms with Crippen molar-refractivity contribution in [2.45, 2.75) is 132 Å². The van der Waals surface area contributed by atoms with Gasteiger partial charge in [0.05, 0.1) is 23.8 Å². The maximum atomic E-state index is 11.7. The third-order valence-corrected chi connectivity index (χ3v) is 12.7. The van der Waals surface area contributed by atoms with Gasteiger partial charge in [-0.25, -0.2) is 0 Å². The van der Waals surface area contributed by atoms with Gasteiger partial charge in [-0.2, -0.15) is 5.26 Å². The summed E-state index contributed by atoms with van der Waals surface area (Å²) in [5.41, 5.74) is 2.91. The molecule has 0 bridgehead atoms. The van der Waals surface area contributed by atoms with Crippen molar-refractivity contribution in [3.8, 4) is 6.07 Å². The van der Waals surface area contributed by atoms with Gasteiger partial charge < -0.3 is 9.94 Å². The molecule has 0 amide bonds. The predicted octanol–water partition coefficient (Wildman–Crippen LogP) is 8.46. The summed E-state index contributed by atoms with van der Waals surface area (Å²) in [5.74, 6) is 2.36. The summed E-state index contributed by atoms with van der Waals surface area (Å²) in [5, 5.41) is 25.2. The highest BCUT2D eigenvalue weighted by molar-refractivity contribution is 5.90. The average Bonchev–Trinajstić information content (AvgIpc) is 3.16. The van der Waals surface area contributed by atoms with Gasteiger partial charge in [0.25, 0.3) is 0 Å². The fourth-order valence-electron chi connectivity index (χ4n) is 10.5. The molecule has 0 aromatic rings. The third-order valence-electron chi connectivity index (χ3n) is 12.7. The van der Waals surface area contributed by atoms with Crippen LogP contribution in [-0.4, -0.2) is 23.0 Å². The monoisotopic (exact) mass is 510 g/mol. The zero-order chi connectivity index (χ0) is 27.3. The minimum absolute atomic E-state index is 0.0194. The number of hydrogen-bond acceptors (Lipinski definition) is 4. The van der Waals surface area contributed by atoms with Gasteiger partial charge in [0.2, 0.25) is 0 Å². The Hall–Kier alpha value is -1.34. The molecule has 4 aliphatic carbocycles. The molecule has 4 fully saturated rings. The minimum Gasteiger partial charge on any atom is -0.395 e. The third kappa shape index (κ3) is 4.60. The van der Waals surface area contributed by atoms with Crippen molar-refractivity contribution in [2.24, 2.45) is 50.5 Å². The van der Waals surface area contributed by atoms with Crippen molar-refractivity contribution in [3.63, 3.8) is 0 Å². The zero-order valence-corrected chi connectivity index (χ0v) is 25.1. The summed E-state index contributed by atoms with van der Waals surface area (Å²) >= 11 is 0. The number of nitrogens with zero attached hydrogens (tertiary/aromatic N) is 2. The molecule has 8 atom stereocenters. The summed E-state index contributed by atoms with van der Waals surface area (Å²) in [6, 6.07) is 2.15. The van der Waals surface area contributed by atoms with Crippen LogP contribution in [0.3, 0.4) is 0 Å². The Morgan fingerprint density at radius 1 is 1.05 bits per heavy atom. The summed E-state index contributed by atoms with van der Waals surface area (Å²) < 4.78 is 0. The van der Waals surface area contributed by atoms with E-state index in [0.717, 1.165) is 25.2 Å². The predicted molar refractivity (Wildman–Crippen MR) is 152 cm³/mol. The SMILES string of the molecule is CC(C)=CCC[C@](C)(O)C1CC[C@]2(C)[C@@H]1CC[C@@H]1[C@@]3(C)CC/C(=N\OCCC#N)C(C)(C)[C@@H]3CC[C@]12C. The van der Waals surface area contributed by atoms with E-state index in [1.807, 2.05) is 0 Å². The minimum atomic E-state index is -0.581. The van der Waals surface area contributed by atoms with Gasteiger partial charge in [-0.05, 0) is 125 Å². The maximum Gasteiger partial charge on any atom is 0.130 e. The first kappa shape index (κ1) is 28.7. The van der Waals surface area contributed by atoms with E-state index in [9.17, 15) is 5.11 Å². The molecule has 0 heterocycles. The van der Waals surface area contributed by atoms with Crippen LogP contribution in [0.2, 0.25) is 0 Å². The molecule has 4 aliphatic rings. The topological polar surface area (TPSA) is 65.6 Å². The van der Waals surface area contributed by atoms with E-state index < -0.39 is 5.60 Å². The van der Waals surface area contributed by atoms with Crippen molar-refractivity contribution in [3.05, 3.63) is 11.6 Å². The van der Waals surface area contributed by atoms with Crippen molar-refractivity contribution in [1.29, 1.82) is 5.26 Å². The maximum absolute atomic E-state index is 11.7. The van der Waals surface area contributed by atoms with Crippen LogP contribution >= 0.6 is 0 Å². The van der Waals surface area contributed by atoms with Crippen LogP contribution in [-0.2, 0) is 4.84 Å². The van der Waals surface area contributed by atoms with Gasteiger partial charge in [0.1, 0.15) is 6.61 Å². The highest BCUT2D eigenvalue weighted by Crippen LogP contribution is 2.75. The largest absolute Gasteiger partial charge is 0.395 e. The van der Waals surface area contributed by atoms with E-state index in [1.165, 1.54) is 56.2 Å². The number of aliphatic hydroxyl groups is 1. The van der Waals surface area contributed by atoms with Crippen molar-refractivity contribution < 1.29 is 9.94 Å². The lowest BCUT2D eigenvalue weighted by Gasteiger charge is -2.69. The molecule has 1 unspecified atom stereocenters. The molecular weight excluding hydrogens is 456 g/mol. The lowest BCUT2D eigenvalue weighted by molar-refractivity contribution is -0.195. The van der Waals surface area contributed by atoms with E-state index in [0.29, 0.717) is 47.0 Å². The standard InChI is InChI=1S/C33H54N2O2/c1-23(2)11-9-17-33(8,36)25-14-19-31(6)24(25)12-13-27-30(5)18-16-28(35-37-22-10-21-34)29(3,4)26(30)15-20-32(27,31)7/h11,24-27,36H,9-10,12-20,22H2,1-8H3/b35-28+/t24-,25?,26+,27-,30+,31-,32-,33+/m1/s1. The van der Waals surface area contributed by atoms with Crippen molar-refractivity contribution >= 4 is 5.71 Å². The molecule has 0 spiro atoms. The molecule has 208 valence electrons. The van der Waals surface area contributed by atoms with E-state index in [-0.39, 0.29) is 5.41 Å². The van der Waals surface area contributed by atoms with E-state index >= 15 is 0 Å². The Labute approximate surface area is 227 Å². The molecule has 0 aromatic carbocycles. The molecule has 0 saturated heterocycles. The molecule has 37 heavy (non-hydrogen) atoms. The second-order valence-corrected chi connectivity index (χ2v) is 15.0. The quantitative estimate of drug-likeness (QED) is 0.212. The lowest BCUT2D eigenvalue weighted by Crippen LogP contribution is -2.63. The van der Waals surface area contributed by atoms with Crippen LogP contribution in [0.1, 0.15) is 126 Å². The van der Waals surface area contributed by atoms with Gasteiger partial charge in [-0.3, -0.25) is 0 Å². The smallest absolute Gasteiger partial charge is 0.130 e. The molecule has 4 heteroatoms. The average molecular weight is 511 g/mol. The molecule has 4 nitrogen and oxygen atoms in total.